The summed E-state index contributed by atoms with van der Waals surface area (Å²) in [5.41, 5.74) is 2.57. The molecule has 3 atom stereocenters. The van der Waals surface area contributed by atoms with Gasteiger partial charge in [-0.25, -0.2) is 4.39 Å². The fraction of sp³-hybridized carbons (Fsp3) is 0.276. The molecule has 0 N–H and O–H groups in total. The molecule has 0 aliphatic carbocycles. The largest absolute Gasteiger partial charge is 0.482 e. The van der Waals surface area contributed by atoms with Gasteiger partial charge < -0.3 is 4.74 Å². The number of Topliss-reactive ketones (excluding diaryl/α,β-unsaturated/α-hetero) is 1. The van der Waals surface area contributed by atoms with Crippen LogP contribution in [0.25, 0.3) is 0 Å². The number of fused-ring (bicyclic) bond motifs is 3. The third-order valence-corrected chi connectivity index (χ3v) is 7.10. The Kier molecular flexibility index (Phi) is 5.86. The van der Waals surface area contributed by atoms with Crippen molar-refractivity contribution >= 4 is 5.78 Å². The van der Waals surface area contributed by atoms with Gasteiger partial charge in [-0.2, -0.15) is 0 Å². The normalized spacial score (nSPS) is 23.9. The smallest absolute Gasteiger partial charge is 0.162 e. The number of ether oxygens (including phenoxy) is 1. The van der Waals surface area contributed by atoms with Crippen LogP contribution in [0.15, 0.2) is 91.5 Å². The molecule has 3 aromatic rings. The lowest BCUT2D eigenvalue weighted by atomic mass is 9.70. The minimum atomic E-state index is -0.412. The van der Waals surface area contributed by atoms with Crippen molar-refractivity contribution in [2.24, 2.45) is 0 Å². The van der Waals surface area contributed by atoms with Crippen LogP contribution in [-0.2, 0) is 5.60 Å². The van der Waals surface area contributed by atoms with Gasteiger partial charge in [0.25, 0.3) is 0 Å². The van der Waals surface area contributed by atoms with Gasteiger partial charge in [0.1, 0.15) is 17.2 Å². The topological polar surface area (TPSA) is 29.5 Å². The van der Waals surface area contributed by atoms with Crippen molar-refractivity contribution in [3.63, 3.8) is 0 Å². The Labute approximate surface area is 194 Å². The molecule has 0 radical (unpaired) electrons. The Morgan fingerprint density at radius 1 is 1.06 bits per heavy atom. The van der Waals surface area contributed by atoms with Crippen LogP contribution in [0, 0.1) is 5.82 Å². The highest BCUT2D eigenvalue weighted by Gasteiger charge is 2.55. The average Bonchev–Trinajstić information content (AvgIpc) is 3.20. The van der Waals surface area contributed by atoms with Crippen LogP contribution in [0.5, 0.6) is 5.75 Å². The summed E-state index contributed by atoms with van der Waals surface area (Å²) in [6.07, 6.45) is 4.09. The van der Waals surface area contributed by atoms with Crippen LogP contribution in [0.3, 0.4) is 0 Å². The molecule has 3 nitrogen and oxygen atoms in total. The van der Waals surface area contributed by atoms with Crippen LogP contribution < -0.4 is 4.74 Å². The molecule has 0 saturated carbocycles. The molecule has 3 aromatic carbocycles. The van der Waals surface area contributed by atoms with Crippen LogP contribution in [0.2, 0.25) is 0 Å². The van der Waals surface area contributed by atoms with Crippen LogP contribution in [-0.4, -0.2) is 29.8 Å². The Morgan fingerprint density at radius 3 is 2.55 bits per heavy atom. The van der Waals surface area contributed by atoms with Gasteiger partial charge in [-0.1, -0.05) is 54.6 Å². The molecule has 168 valence electrons. The van der Waals surface area contributed by atoms with Crippen LogP contribution >= 0.6 is 0 Å². The third-order valence-electron chi connectivity index (χ3n) is 7.10. The zero-order chi connectivity index (χ0) is 22.8. The summed E-state index contributed by atoms with van der Waals surface area (Å²) in [5.74, 6) is 0.812. The van der Waals surface area contributed by atoms with Crippen molar-refractivity contribution in [1.29, 1.82) is 0 Å². The van der Waals surface area contributed by atoms with E-state index in [4.69, 9.17) is 4.74 Å². The minimum absolute atomic E-state index is 0.0512. The van der Waals surface area contributed by atoms with Crippen molar-refractivity contribution in [1.82, 2.24) is 4.90 Å². The highest BCUT2D eigenvalue weighted by atomic mass is 19.1. The number of carbonyl (C=O) groups is 1. The molecule has 2 aliphatic rings. The summed E-state index contributed by atoms with van der Waals surface area (Å²) in [7, 11) is 0. The van der Waals surface area contributed by atoms with Gasteiger partial charge in [-0.3, -0.25) is 9.69 Å². The lowest BCUT2D eigenvalue weighted by molar-refractivity contribution is -0.0199. The number of rotatable bonds is 7. The SMILES string of the molecule is C=CC1C2c3ccccc3OC2(c2ccccc2)CCN1CCCC(=O)c1ccc(F)cc1. The number of carbonyl (C=O) groups excluding carboxylic acids is 1. The lowest BCUT2D eigenvalue weighted by Gasteiger charge is -2.48. The Hall–Kier alpha value is -3.24. The predicted octanol–water partition coefficient (Wildman–Crippen LogP) is 6.12. The molecule has 33 heavy (non-hydrogen) atoms. The Morgan fingerprint density at radius 2 is 1.79 bits per heavy atom. The first-order valence-electron chi connectivity index (χ1n) is 11.6. The molecule has 0 aromatic heterocycles. The van der Waals surface area contributed by atoms with E-state index in [9.17, 15) is 9.18 Å². The monoisotopic (exact) mass is 441 g/mol. The number of likely N-dealkylation sites (tertiary alicyclic amines) is 1. The van der Waals surface area contributed by atoms with Gasteiger partial charge in [-0.05, 0) is 48.9 Å². The van der Waals surface area contributed by atoms with Crippen molar-refractivity contribution < 1.29 is 13.9 Å². The van der Waals surface area contributed by atoms with Gasteiger partial charge in [0.15, 0.2) is 5.78 Å². The van der Waals surface area contributed by atoms with Crippen LogP contribution in [0.1, 0.15) is 46.7 Å². The second kappa shape index (κ2) is 8.95. The van der Waals surface area contributed by atoms with Gasteiger partial charge >= 0.3 is 0 Å². The highest BCUT2D eigenvalue weighted by Crippen LogP contribution is 2.56. The standard InChI is InChI=1S/C29H28FNO2/c1-2-25-28-24-11-6-7-13-27(24)33-29(28,22-9-4-3-5-10-22)18-20-31(25)19-8-12-26(32)21-14-16-23(30)17-15-21/h2-7,9-11,13-17,25,28H,1,8,12,18-20H2. The van der Waals surface area contributed by atoms with Crippen molar-refractivity contribution in [2.45, 2.75) is 36.8 Å². The first-order valence-corrected chi connectivity index (χ1v) is 11.6. The number of nitrogens with zero attached hydrogens (tertiary/aromatic N) is 1. The summed E-state index contributed by atoms with van der Waals surface area (Å²) >= 11 is 0. The minimum Gasteiger partial charge on any atom is -0.482 e. The summed E-state index contributed by atoms with van der Waals surface area (Å²) < 4.78 is 19.9. The summed E-state index contributed by atoms with van der Waals surface area (Å²) in [6, 6.07) is 24.7. The average molecular weight is 442 g/mol. The highest BCUT2D eigenvalue weighted by molar-refractivity contribution is 5.95. The number of benzene rings is 3. The molecule has 2 aliphatic heterocycles. The zero-order valence-corrected chi connectivity index (χ0v) is 18.6. The maximum atomic E-state index is 13.2. The van der Waals surface area contributed by atoms with Gasteiger partial charge in [0.2, 0.25) is 0 Å². The van der Waals surface area contributed by atoms with Crippen molar-refractivity contribution in [3.8, 4) is 5.75 Å². The number of hydrogen-bond donors (Lipinski definition) is 0. The predicted molar refractivity (Wildman–Crippen MR) is 128 cm³/mol. The zero-order valence-electron chi connectivity index (χ0n) is 18.6. The number of piperidine rings is 1. The second-order valence-corrected chi connectivity index (χ2v) is 8.92. The van der Waals surface area contributed by atoms with Crippen molar-refractivity contribution in [2.75, 3.05) is 13.1 Å². The van der Waals surface area contributed by atoms with E-state index in [2.05, 4.69) is 53.9 Å². The van der Waals surface area contributed by atoms with Crippen molar-refractivity contribution in [3.05, 3.63) is 114 Å². The Balaban J connectivity index is 1.36. The first-order chi connectivity index (χ1) is 16.1. The van der Waals surface area contributed by atoms with Gasteiger partial charge in [0, 0.05) is 36.6 Å². The van der Waals surface area contributed by atoms with E-state index in [1.807, 2.05) is 18.2 Å². The van der Waals surface area contributed by atoms with E-state index in [1.165, 1.54) is 23.3 Å². The molecule has 1 saturated heterocycles. The molecule has 0 bridgehead atoms. The number of ketones is 1. The number of hydrogen-bond acceptors (Lipinski definition) is 3. The molecule has 4 heteroatoms. The maximum absolute atomic E-state index is 13.2. The molecular weight excluding hydrogens is 413 g/mol. The van der Waals surface area contributed by atoms with E-state index in [1.54, 1.807) is 12.1 Å². The fourth-order valence-corrected chi connectivity index (χ4v) is 5.55. The van der Waals surface area contributed by atoms with Gasteiger partial charge in [-0.15, -0.1) is 6.58 Å². The maximum Gasteiger partial charge on any atom is 0.162 e. The van der Waals surface area contributed by atoms with E-state index in [-0.39, 0.29) is 23.6 Å². The third kappa shape index (κ3) is 3.89. The summed E-state index contributed by atoms with van der Waals surface area (Å²) in [6.45, 7) is 5.85. The molecule has 1 fully saturated rings. The van der Waals surface area contributed by atoms with Crippen LogP contribution in [0.4, 0.5) is 4.39 Å². The molecule has 0 amide bonds. The summed E-state index contributed by atoms with van der Waals surface area (Å²) in [4.78, 5) is 15.0. The van der Waals surface area contributed by atoms with E-state index in [0.717, 1.165) is 31.7 Å². The molecule has 3 unspecified atom stereocenters. The molecular formula is C29H28FNO2. The van der Waals surface area contributed by atoms with E-state index >= 15 is 0 Å². The number of para-hydroxylation sites is 1. The quantitative estimate of drug-likeness (QED) is 0.327. The molecule has 0 spiro atoms. The van der Waals surface area contributed by atoms with Gasteiger partial charge in [0.05, 0.1) is 5.92 Å². The lowest BCUT2D eigenvalue weighted by Crippen LogP contribution is -2.54. The molecule has 5 rings (SSSR count). The second-order valence-electron chi connectivity index (χ2n) is 8.92. The Bertz CT molecular complexity index is 1140. The summed E-state index contributed by atoms with van der Waals surface area (Å²) in [5, 5.41) is 0. The fourth-order valence-electron chi connectivity index (χ4n) is 5.55. The molecule has 2 heterocycles. The first kappa shape index (κ1) is 21.6. The van der Waals surface area contributed by atoms with E-state index < -0.39 is 5.60 Å². The van der Waals surface area contributed by atoms with E-state index in [0.29, 0.717) is 12.0 Å². The number of halogens is 1.